The van der Waals surface area contributed by atoms with Gasteiger partial charge >= 0.3 is 17.9 Å². The fourth-order valence-electron chi connectivity index (χ4n) is 7.07. The van der Waals surface area contributed by atoms with Crippen molar-refractivity contribution in [1.82, 2.24) is 0 Å². The molecule has 0 rings (SSSR count). The maximum absolute atomic E-state index is 12.8. The number of rotatable bonds is 47. The average Bonchev–Trinajstić information content (AvgIpc) is 3.30. The van der Waals surface area contributed by atoms with E-state index in [1.54, 1.807) is 0 Å². The van der Waals surface area contributed by atoms with Crippen molar-refractivity contribution in [1.29, 1.82) is 0 Å². The lowest BCUT2D eigenvalue weighted by atomic mass is 10.1. The third-order valence-corrected chi connectivity index (χ3v) is 11.1. The second-order valence-electron chi connectivity index (χ2n) is 17.4. The van der Waals surface area contributed by atoms with Gasteiger partial charge in [-0.1, -0.05) is 221 Å². The van der Waals surface area contributed by atoms with Gasteiger partial charge < -0.3 is 14.2 Å². The van der Waals surface area contributed by atoms with Gasteiger partial charge in [0.1, 0.15) is 13.2 Å². The largest absolute Gasteiger partial charge is 0.462 e. The summed E-state index contributed by atoms with van der Waals surface area (Å²) >= 11 is 0. The van der Waals surface area contributed by atoms with E-state index in [4.69, 9.17) is 14.2 Å². The van der Waals surface area contributed by atoms with Gasteiger partial charge in [0.2, 0.25) is 0 Å². The van der Waals surface area contributed by atoms with E-state index in [-0.39, 0.29) is 38.0 Å². The molecule has 1 atom stereocenters. The number of ether oxygens (including phenoxy) is 3. The fourth-order valence-corrected chi connectivity index (χ4v) is 7.07. The van der Waals surface area contributed by atoms with E-state index in [9.17, 15) is 14.4 Å². The van der Waals surface area contributed by atoms with Gasteiger partial charge in [0.05, 0.1) is 0 Å². The SMILES string of the molecule is CC/C=C/C/C=C/C/C=C/C/C=C/C/C=C/CCC(=O)OC(COC(=O)CC/C=C/C/C=C/CCCCCCCC)COC(=O)CCCCCCC/C=C/CCCCCCCCCCC. The van der Waals surface area contributed by atoms with E-state index in [2.05, 4.69) is 99.8 Å². The second kappa shape index (κ2) is 52.9. The average molecular weight is 903 g/mol. The molecule has 0 N–H and O–H groups in total. The van der Waals surface area contributed by atoms with E-state index >= 15 is 0 Å². The lowest BCUT2D eigenvalue weighted by molar-refractivity contribution is -0.166. The number of allylic oxidation sites excluding steroid dienone is 16. The van der Waals surface area contributed by atoms with Crippen molar-refractivity contribution in [2.45, 2.75) is 245 Å². The topological polar surface area (TPSA) is 78.9 Å². The van der Waals surface area contributed by atoms with Crippen molar-refractivity contribution in [2.75, 3.05) is 13.2 Å². The molecule has 0 saturated heterocycles. The van der Waals surface area contributed by atoms with Crippen LogP contribution >= 0.6 is 0 Å². The summed E-state index contributed by atoms with van der Waals surface area (Å²) in [6, 6.07) is 0. The maximum atomic E-state index is 12.8. The van der Waals surface area contributed by atoms with Crippen molar-refractivity contribution in [3.05, 3.63) is 97.2 Å². The van der Waals surface area contributed by atoms with Crippen LogP contribution in [0.2, 0.25) is 0 Å². The highest BCUT2D eigenvalue weighted by molar-refractivity contribution is 5.71. The molecular weight excluding hydrogens is 805 g/mol. The van der Waals surface area contributed by atoms with E-state index in [1.165, 1.54) is 109 Å². The molecular formula is C59H98O6. The zero-order valence-corrected chi connectivity index (χ0v) is 42.2. The lowest BCUT2D eigenvalue weighted by Gasteiger charge is -2.18. The Morgan fingerprint density at radius 1 is 0.323 bits per heavy atom. The molecule has 0 aliphatic carbocycles. The van der Waals surface area contributed by atoms with E-state index in [0.29, 0.717) is 19.3 Å². The summed E-state index contributed by atoms with van der Waals surface area (Å²) in [4.78, 5) is 37.9. The normalized spacial score (nSPS) is 12.8. The summed E-state index contributed by atoms with van der Waals surface area (Å²) < 4.78 is 16.7. The molecule has 0 amide bonds. The Morgan fingerprint density at radius 3 is 1.05 bits per heavy atom. The summed E-state index contributed by atoms with van der Waals surface area (Å²) in [5, 5.41) is 0. The van der Waals surface area contributed by atoms with Crippen LogP contribution in [-0.2, 0) is 28.6 Å². The van der Waals surface area contributed by atoms with Crippen LogP contribution in [0.1, 0.15) is 239 Å². The zero-order chi connectivity index (χ0) is 47.2. The van der Waals surface area contributed by atoms with Crippen LogP contribution in [0.5, 0.6) is 0 Å². The molecule has 0 spiro atoms. The van der Waals surface area contributed by atoms with Gasteiger partial charge in [-0.05, 0) is 96.3 Å². The Balaban J connectivity index is 4.54. The molecule has 0 saturated carbocycles. The number of carbonyl (C=O) groups excluding carboxylic acids is 3. The number of hydrogen-bond donors (Lipinski definition) is 0. The van der Waals surface area contributed by atoms with Crippen LogP contribution < -0.4 is 0 Å². The van der Waals surface area contributed by atoms with E-state index in [0.717, 1.165) is 77.0 Å². The van der Waals surface area contributed by atoms with E-state index < -0.39 is 12.1 Å². The minimum absolute atomic E-state index is 0.129. The molecule has 6 nitrogen and oxygen atoms in total. The molecule has 0 aliphatic heterocycles. The second-order valence-corrected chi connectivity index (χ2v) is 17.4. The van der Waals surface area contributed by atoms with Crippen molar-refractivity contribution >= 4 is 17.9 Å². The highest BCUT2D eigenvalue weighted by atomic mass is 16.6. The Morgan fingerprint density at radius 2 is 0.631 bits per heavy atom. The predicted molar refractivity (Wildman–Crippen MR) is 279 cm³/mol. The van der Waals surface area contributed by atoms with Gasteiger partial charge in [-0.3, -0.25) is 14.4 Å². The van der Waals surface area contributed by atoms with Crippen LogP contribution in [0, 0.1) is 0 Å². The molecule has 0 fully saturated rings. The van der Waals surface area contributed by atoms with Gasteiger partial charge in [0, 0.05) is 19.3 Å². The van der Waals surface area contributed by atoms with Gasteiger partial charge in [-0.2, -0.15) is 0 Å². The summed E-state index contributed by atoms with van der Waals surface area (Å²) in [6.07, 6.45) is 69.9. The quantitative estimate of drug-likeness (QED) is 0.0262. The Labute approximate surface area is 400 Å². The maximum Gasteiger partial charge on any atom is 0.306 e. The molecule has 0 aromatic heterocycles. The highest BCUT2D eigenvalue weighted by Crippen LogP contribution is 2.13. The number of carbonyl (C=O) groups is 3. The first kappa shape index (κ1) is 61.3. The van der Waals surface area contributed by atoms with Gasteiger partial charge in [-0.15, -0.1) is 0 Å². The standard InChI is InChI=1S/C59H98O6/c1-4-7-10-13-16-19-22-25-27-29-30-32-34-37-40-43-46-49-52-58(61)64-55-56(54-63-57(60)51-48-45-42-39-36-33-24-21-18-15-12-9-6-3)65-59(62)53-50-47-44-41-38-35-31-28-26-23-20-17-14-11-8-5-2/h8,11,17,20,26,28,30,32-33,35-36,38,42,44-45,47,56H,4-7,9-10,12-16,18-19,21-25,27,29,31,34,37,39-41,43,46,48-55H2,1-3H3/b11-8+,20-17+,28-26+,32-30+,36-33+,38-35+,45-42+,47-44+. The Bertz CT molecular complexity index is 1310. The highest BCUT2D eigenvalue weighted by Gasteiger charge is 2.19. The van der Waals surface area contributed by atoms with Crippen molar-refractivity contribution in [3.8, 4) is 0 Å². The van der Waals surface area contributed by atoms with Crippen LogP contribution in [0.4, 0.5) is 0 Å². The lowest BCUT2D eigenvalue weighted by Crippen LogP contribution is -2.30. The third-order valence-electron chi connectivity index (χ3n) is 11.1. The molecule has 1 unspecified atom stereocenters. The third kappa shape index (κ3) is 51.2. The minimum Gasteiger partial charge on any atom is -0.462 e. The molecule has 0 aromatic carbocycles. The summed E-state index contributed by atoms with van der Waals surface area (Å²) in [5.41, 5.74) is 0. The van der Waals surface area contributed by atoms with Crippen LogP contribution in [0.25, 0.3) is 0 Å². The molecule has 0 heterocycles. The predicted octanol–water partition coefficient (Wildman–Crippen LogP) is 17.8. The summed E-state index contributed by atoms with van der Waals surface area (Å²) in [5.74, 6) is -1.09. The fraction of sp³-hybridized carbons (Fsp3) is 0.678. The van der Waals surface area contributed by atoms with Crippen LogP contribution in [-0.4, -0.2) is 37.2 Å². The van der Waals surface area contributed by atoms with Gasteiger partial charge in [0.25, 0.3) is 0 Å². The number of esters is 3. The van der Waals surface area contributed by atoms with E-state index in [1.807, 2.05) is 18.2 Å². The smallest absolute Gasteiger partial charge is 0.306 e. The molecule has 0 radical (unpaired) electrons. The first-order valence-electron chi connectivity index (χ1n) is 26.7. The van der Waals surface area contributed by atoms with Crippen molar-refractivity contribution < 1.29 is 28.6 Å². The molecule has 0 aromatic rings. The van der Waals surface area contributed by atoms with Crippen molar-refractivity contribution in [3.63, 3.8) is 0 Å². The number of unbranched alkanes of at least 4 members (excludes halogenated alkanes) is 20. The molecule has 0 bridgehead atoms. The molecule has 0 aliphatic rings. The monoisotopic (exact) mass is 903 g/mol. The first-order chi connectivity index (χ1) is 32.0. The minimum atomic E-state index is -0.843. The van der Waals surface area contributed by atoms with Gasteiger partial charge in [0.15, 0.2) is 6.10 Å². The van der Waals surface area contributed by atoms with Crippen LogP contribution in [0.3, 0.4) is 0 Å². The Kier molecular flexibility index (Phi) is 50.0. The molecule has 65 heavy (non-hydrogen) atoms. The first-order valence-corrected chi connectivity index (χ1v) is 26.7. The van der Waals surface area contributed by atoms with Crippen molar-refractivity contribution in [2.24, 2.45) is 0 Å². The van der Waals surface area contributed by atoms with Gasteiger partial charge in [-0.25, -0.2) is 0 Å². The Hall–Kier alpha value is -3.67. The zero-order valence-electron chi connectivity index (χ0n) is 42.2. The summed E-state index contributed by atoms with van der Waals surface area (Å²) in [6.45, 7) is 6.39. The van der Waals surface area contributed by atoms with Crippen LogP contribution in [0.15, 0.2) is 97.2 Å². The molecule has 6 heteroatoms. The summed E-state index contributed by atoms with van der Waals surface area (Å²) in [7, 11) is 0. The number of hydrogen-bond acceptors (Lipinski definition) is 6. The molecule has 370 valence electrons.